The quantitative estimate of drug-likeness (QED) is 0.411. The van der Waals surface area contributed by atoms with Gasteiger partial charge in [-0.1, -0.05) is 73.2 Å². The van der Waals surface area contributed by atoms with Crippen molar-refractivity contribution in [3.8, 4) is 0 Å². The monoisotopic (exact) mass is 449 g/mol. The average Bonchev–Trinajstić information content (AvgIpc) is 3.37. The van der Waals surface area contributed by atoms with E-state index in [1.165, 1.54) is 42.5 Å². The van der Waals surface area contributed by atoms with Gasteiger partial charge in [-0.05, 0) is 61.1 Å². The van der Waals surface area contributed by atoms with Gasteiger partial charge in [0.2, 0.25) is 5.91 Å². The van der Waals surface area contributed by atoms with Gasteiger partial charge in [0.15, 0.2) is 0 Å². The lowest BCUT2D eigenvalue weighted by molar-refractivity contribution is 0.100. The van der Waals surface area contributed by atoms with Crippen molar-refractivity contribution in [1.29, 1.82) is 0 Å². The zero-order valence-electron chi connectivity index (χ0n) is 19.4. The van der Waals surface area contributed by atoms with Crippen LogP contribution in [-0.4, -0.2) is 22.6 Å². The van der Waals surface area contributed by atoms with Crippen LogP contribution in [0.4, 0.5) is 0 Å². The molecular formula is C30H31N3O. The number of hydrogen-bond donors (Lipinski definition) is 2. The van der Waals surface area contributed by atoms with Crippen LogP contribution >= 0.6 is 0 Å². The number of nitrogens with zero attached hydrogens (tertiary/aromatic N) is 1. The van der Waals surface area contributed by atoms with E-state index in [2.05, 4.69) is 82.7 Å². The number of primary amides is 1. The fraction of sp³-hybridized carbons (Fsp3) is 0.300. The number of fused-ring (bicyclic) bond motifs is 3. The number of rotatable bonds is 6. The maximum absolute atomic E-state index is 12.4. The number of carbonyl (C=O) groups is 1. The second-order valence-corrected chi connectivity index (χ2v) is 10.1. The predicted octanol–water partition coefficient (Wildman–Crippen LogP) is 5.45. The summed E-state index contributed by atoms with van der Waals surface area (Å²) in [5.41, 5.74) is 11.3. The van der Waals surface area contributed by atoms with E-state index >= 15 is 0 Å². The van der Waals surface area contributed by atoms with Crippen molar-refractivity contribution in [2.24, 2.45) is 11.7 Å². The molecule has 1 aliphatic carbocycles. The van der Waals surface area contributed by atoms with Crippen LogP contribution in [0.3, 0.4) is 0 Å². The molecule has 0 radical (unpaired) electrons. The number of nitrogens with two attached hydrogens (primary N) is 1. The Morgan fingerprint density at radius 2 is 1.79 bits per heavy atom. The lowest BCUT2D eigenvalue weighted by atomic mass is 9.68. The van der Waals surface area contributed by atoms with E-state index in [-0.39, 0.29) is 17.4 Å². The lowest BCUT2D eigenvalue weighted by Gasteiger charge is -2.41. The van der Waals surface area contributed by atoms with E-state index in [0.717, 1.165) is 29.9 Å². The molecule has 3 N–H and O–H groups in total. The summed E-state index contributed by atoms with van der Waals surface area (Å²) in [7, 11) is 0. The third kappa shape index (κ3) is 3.54. The highest BCUT2D eigenvalue weighted by atomic mass is 16.1. The first-order valence-electron chi connectivity index (χ1n) is 12.4. The van der Waals surface area contributed by atoms with Crippen molar-refractivity contribution in [2.45, 2.75) is 43.7 Å². The normalized spacial score (nSPS) is 22.6. The van der Waals surface area contributed by atoms with Crippen LogP contribution in [0.25, 0.3) is 10.9 Å². The number of amides is 1. The molecule has 3 unspecified atom stereocenters. The topological polar surface area (TPSA) is 60.1 Å². The Kier molecular flexibility index (Phi) is 5.26. The van der Waals surface area contributed by atoms with E-state index in [4.69, 9.17) is 5.73 Å². The number of carbonyl (C=O) groups excluding carboxylic acids is 1. The number of aromatic nitrogens is 1. The van der Waals surface area contributed by atoms with E-state index in [1.807, 2.05) is 12.1 Å². The molecule has 1 aromatic heterocycles. The molecule has 2 bridgehead atoms. The van der Waals surface area contributed by atoms with Gasteiger partial charge in [0, 0.05) is 40.2 Å². The molecule has 2 heterocycles. The Hall–Kier alpha value is -3.37. The van der Waals surface area contributed by atoms with Crippen LogP contribution < -0.4 is 11.1 Å². The number of nitrogens with one attached hydrogen (secondary N) is 1. The molecule has 4 aromatic rings. The molecule has 3 aromatic carbocycles. The van der Waals surface area contributed by atoms with Crippen LogP contribution in [0.2, 0.25) is 0 Å². The summed E-state index contributed by atoms with van der Waals surface area (Å²) in [5, 5.41) is 4.94. The first-order chi connectivity index (χ1) is 16.6. The minimum Gasteiger partial charge on any atom is -0.366 e. The molecular weight excluding hydrogens is 418 g/mol. The molecule has 1 saturated heterocycles. The zero-order valence-corrected chi connectivity index (χ0v) is 19.4. The number of benzene rings is 3. The van der Waals surface area contributed by atoms with E-state index in [9.17, 15) is 4.79 Å². The van der Waals surface area contributed by atoms with Gasteiger partial charge in [0.25, 0.3) is 0 Å². The Morgan fingerprint density at radius 3 is 2.56 bits per heavy atom. The molecule has 34 heavy (non-hydrogen) atoms. The average molecular weight is 450 g/mol. The molecule has 4 nitrogen and oxygen atoms in total. The molecule has 0 spiro atoms. The minimum absolute atomic E-state index is 0.0277. The highest BCUT2D eigenvalue weighted by molar-refractivity contribution is 6.06. The molecule has 2 fully saturated rings. The predicted molar refractivity (Wildman–Crippen MR) is 137 cm³/mol. The van der Waals surface area contributed by atoms with Crippen LogP contribution in [0.15, 0.2) is 84.9 Å². The molecule has 6 rings (SSSR count). The van der Waals surface area contributed by atoms with E-state index in [0.29, 0.717) is 5.56 Å². The van der Waals surface area contributed by atoms with Gasteiger partial charge in [-0.2, -0.15) is 0 Å². The van der Waals surface area contributed by atoms with Gasteiger partial charge in [-0.3, -0.25) is 4.79 Å². The molecule has 1 saturated carbocycles. The van der Waals surface area contributed by atoms with Crippen molar-refractivity contribution in [1.82, 2.24) is 9.88 Å². The first kappa shape index (κ1) is 21.2. The van der Waals surface area contributed by atoms with Gasteiger partial charge < -0.3 is 15.6 Å². The van der Waals surface area contributed by atoms with Crippen molar-refractivity contribution < 1.29 is 4.79 Å². The molecule has 172 valence electrons. The third-order valence-corrected chi connectivity index (χ3v) is 8.04. The fourth-order valence-corrected chi connectivity index (χ4v) is 6.59. The third-order valence-electron chi connectivity index (χ3n) is 8.04. The molecule has 1 aliphatic heterocycles. The van der Waals surface area contributed by atoms with Crippen molar-refractivity contribution in [3.63, 3.8) is 0 Å². The Bertz CT molecular complexity index is 1320. The van der Waals surface area contributed by atoms with Crippen molar-refractivity contribution >= 4 is 16.8 Å². The highest BCUT2D eigenvalue weighted by Gasteiger charge is 2.49. The maximum atomic E-state index is 12.4. The van der Waals surface area contributed by atoms with Gasteiger partial charge in [0.1, 0.15) is 0 Å². The highest BCUT2D eigenvalue weighted by Crippen LogP contribution is 2.49. The van der Waals surface area contributed by atoms with Crippen molar-refractivity contribution in [2.75, 3.05) is 6.54 Å². The molecule has 4 heteroatoms. The first-order valence-corrected chi connectivity index (χ1v) is 12.4. The maximum Gasteiger partial charge on any atom is 0.249 e. The Balaban J connectivity index is 1.61. The summed E-state index contributed by atoms with van der Waals surface area (Å²) in [5.74, 6) is 0.559. The second-order valence-electron chi connectivity index (χ2n) is 10.1. The van der Waals surface area contributed by atoms with Gasteiger partial charge in [-0.25, -0.2) is 0 Å². The summed E-state index contributed by atoms with van der Waals surface area (Å²) in [6.45, 7) is 1.85. The van der Waals surface area contributed by atoms with E-state index < -0.39 is 0 Å². The second kappa shape index (κ2) is 8.44. The van der Waals surface area contributed by atoms with Crippen LogP contribution in [-0.2, 0) is 6.54 Å². The van der Waals surface area contributed by atoms with Crippen LogP contribution in [0.5, 0.6) is 0 Å². The van der Waals surface area contributed by atoms with Crippen LogP contribution in [0, 0.1) is 5.92 Å². The van der Waals surface area contributed by atoms with Gasteiger partial charge in [-0.15, -0.1) is 0 Å². The van der Waals surface area contributed by atoms with Gasteiger partial charge in [0.05, 0.1) is 0 Å². The summed E-state index contributed by atoms with van der Waals surface area (Å²) in [6.07, 6.45) is 4.93. The molecule has 2 aliphatic rings. The van der Waals surface area contributed by atoms with Crippen molar-refractivity contribution in [3.05, 3.63) is 107 Å². The Labute approximate surface area is 200 Å². The fourth-order valence-electron chi connectivity index (χ4n) is 6.59. The zero-order chi connectivity index (χ0) is 23.1. The molecule has 3 atom stereocenters. The summed E-state index contributed by atoms with van der Waals surface area (Å²) in [6, 6.07) is 29.7. The number of hydrogen-bond acceptors (Lipinski definition) is 2. The smallest absolute Gasteiger partial charge is 0.249 e. The summed E-state index contributed by atoms with van der Waals surface area (Å²) < 4.78 is 2.42. The van der Waals surface area contributed by atoms with E-state index in [1.54, 1.807) is 0 Å². The summed E-state index contributed by atoms with van der Waals surface area (Å²) in [4.78, 5) is 12.4. The van der Waals surface area contributed by atoms with Crippen LogP contribution in [0.1, 0.15) is 58.8 Å². The SMILES string of the molecule is NC(=O)c1cccc2c1cc(C(c1ccccc1)C13CCCC(CN1)C3)n2Cc1ccccc1. The lowest BCUT2D eigenvalue weighted by Crippen LogP contribution is -2.47. The minimum atomic E-state index is -0.375. The Morgan fingerprint density at radius 1 is 1.03 bits per heavy atom. The summed E-state index contributed by atoms with van der Waals surface area (Å²) >= 11 is 0. The van der Waals surface area contributed by atoms with Gasteiger partial charge >= 0.3 is 0 Å². The standard InChI is InChI=1S/C30H31N3O/c31-29(34)24-14-7-15-26-25(24)17-27(33(26)20-21-9-3-1-4-10-21)28(23-12-5-2-6-13-23)30-16-8-11-22(18-30)19-32-30/h1-7,9-10,12-15,17,22,28,32H,8,11,16,18-20H2,(H2,31,34). The largest absolute Gasteiger partial charge is 0.366 e. The molecule has 1 amide bonds.